The van der Waals surface area contributed by atoms with Crippen molar-refractivity contribution in [2.75, 3.05) is 45.9 Å². The number of aryl methyl sites for hydroxylation is 1. The molecule has 0 saturated carbocycles. The Balaban J connectivity index is 1.27. The van der Waals surface area contributed by atoms with E-state index in [-0.39, 0.29) is 23.6 Å². The van der Waals surface area contributed by atoms with Crippen LogP contribution in [-0.4, -0.2) is 111 Å². The van der Waals surface area contributed by atoms with Crippen LogP contribution < -0.4 is 5.32 Å². The first-order valence-corrected chi connectivity index (χ1v) is 16.1. The van der Waals surface area contributed by atoms with Crippen molar-refractivity contribution in [3.8, 4) is 5.69 Å². The van der Waals surface area contributed by atoms with Gasteiger partial charge in [-0.05, 0) is 63.3 Å². The molecule has 11 heteroatoms. The highest BCUT2D eigenvalue weighted by Gasteiger charge is 2.54. The lowest BCUT2D eigenvalue weighted by atomic mass is 9.80. The van der Waals surface area contributed by atoms with Gasteiger partial charge < -0.3 is 25.0 Å². The molecule has 0 aliphatic carbocycles. The maximum absolute atomic E-state index is 13.6. The zero-order valence-corrected chi connectivity index (χ0v) is 26.8. The number of amides is 3. The quantitative estimate of drug-likeness (QED) is 0.449. The van der Waals surface area contributed by atoms with E-state index in [4.69, 9.17) is 9.84 Å². The van der Waals surface area contributed by atoms with Gasteiger partial charge in [0, 0.05) is 56.1 Å². The van der Waals surface area contributed by atoms with E-state index in [2.05, 4.69) is 24.1 Å². The second-order valence-corrected chi connectivity index (χ2v) is 12.8. The third kappa shape index (κ3) is 6.14. The maximum atomic E-state index is 13.6. The molecule has 3 amide bonds. The number of piperazine rings is 1. The largest absolute Gasteiger partial charge is 0.390 e. The van der Waals surface area contributed by atoms with E-state index in [1.165, 1.54) is 0 Å². The molecule has 2 unspecified atom stereocenters. The molecule has 1 aromatic carbocycles. The summed E-state index contributed by atoms with van der Waals surface area (Å²) in [5.41, 5.74) is 3.79. The van der Waals surface area contributed by atoms with Crippen molar-refractivity contribution in [2.45, 2.75) is 84.5 Å². The summed E-state index contributed by atoms with van der Waals surface area (Å²) in [6, 6.07) is 6.70. The Morgan fingerprint density at radius 3 is 2.36 bits per heavy atom. The number of carbonyl (C=O) groups excluding carboxylic acids is 3. The van der Waals surface area contributed by atoms with Crippen LogP contribution in [0.2, 0.25) is 0 Å². The van der Waals surface area contributed by atoms with E-state index in [0.717, 1.165) is 35.5 Å². The highest BCUT2D eigenvalue weighted by Crippen LogP contribution is 2.35. The summed E-state index contributed by atoms with van der Waals surface area (Å²) in [5, 5.41) is 18.4. The number of morpholine rings is 1. The molecule has 3 aliphatic rings. The Morgan fingerprint density at radius 2 is 1.75 bits per heavy atom. The predicted molar refractivity (Wildman–Crippen MR) is 166 cm³/mol. The minimum atomic E-state index is -0.919. The molecular formula is C33H48N6O5. The highest BCUT2D eigenvalue weighted by atomic mass is 16.5. The molecule has 3 fully saturated rings. The van der Waals surface area contributed by atoms with Crippen molar-refractivity contribution in [2.24, 2.45) is 5.92 Å². The SMILES string of the molecule is CCCCN1C(=O)C(C(O)C(C)C)NC(=O)C12CCN(Cc1c(C)nn(-c3ccc(C(=O)N4CCOCC4)cc3)c1C)CC2. The molecule has 2 aromatic rings. The molecule has 44 heavy (non-hydrogen) atoms. The second-order valence-electron chi connectivity index (χ2n) is 12.8. The number of carbonyl (C=O) groups is 3. The first-order chi connectivity index (χ1) is 21.1. The van der Waals surface area contributed by atoms with Crippen LogP contribution in [0.25, 0.3) is 5.69 Å². The summed E-state index contributed by atoms with van der Waals surface area (Å²) in [7, 11) is 0. The molecule has 4 heterocycles. The van der Waals surface area contributed by atoms with Crippen molar-refractivity contribution in [3.63, 3.8) is 0 Å². The van der Waals surface area contributed by atoms with E-state index in [1.54, 1.807) is 4.90 Å². The van der Waals surface area contributed by atoms with Gasteiger partial charge in [-0.3, -0.25) is 19.3 Å². The lowest BCUT2D eigenvalue weighted by molar-refractivity contribution is -0.165. The van der Waals surface area contributed by atoms with Gasteiger partial charge in [-0.1, -0.05) is 27.2 Å². The Kier molecular flexibility index (Phi) is 9.77. The van der Waals surface area contributed by atoms with Crippen LogP contribution in [0.1, 0.15) is 73.8 Å². The van der Waals surface area contributed by atoms with Gasteiger partial charge in [0.05, 0.1) is 30.7 Å². The Morgan fingerprint density at radius 1 is 1.09 bits per heavy atom. The molecule has 5 rings (SSSR count). The van der Waals surface area contributed by atoms with Crippen molar-refractivity contribution in [1.82, 2.24) is 29.8 Å². The fraction of sp³-hybridized carbons (Fsp3) is 0.636. The third-order valence-corrected chi connectivity index (χ3v) is 9.68. The number of aromatic nitrogens is 2. The van der Waals surface area contributed by atoms with Crippen LogP contribution in [-0.2, 0) is 20.9 Å². The topological polar surface area (TPSA) is 120 Å². The molecule has 1 aromatic heterocycles. The zero-order valence-electron chi connectivity index (χ0n) is 26.8. The summed E-state index contributed by atoms with van der Waals surface area (Å²) in [5.74, 6) is -0.437. The fourth-order valence-electron chi connectivity index (χ4n) is 6.75. The van der Waals surface area contributed by atoms with Crippen LogP contribution in [0, 0.1) is 19.8 Å². The number of rotatable bonds is 9. The number of benzene rings is 1. The van der Waals surface area contributed by atoms with E-state index < -0.39 is 17.7 Å². The summed E-state index contributed by atoms with van der Waals surface area (Å²) in [4.78, 5) is 46.1. The number of hydrogen-bond acceptors (Lipinski definition) is 7. The standard InChI is InChI=1S/C33H48N6O5/c1-6-7-14-38-31(42)28(29(40)22(2)3)34-32(43)33(38)12-15-36(16-13-33)21-27-23(4)35-39(24(27)5)26-10-8-25(9-11-26)30(41)37-17-19-44-20-18-37/h8-11,22,28-29,40H,6-7,12-21H2,1-5H3,(H,34,43). The zero-order chi connectivity index (χ0) is 31.6. The number of aliphatic hydroxyl groups excluding tert-OH is 1. The monoisotopic (exact) mass is 608 g/mol. The minimum absolute atomic E-state index is 0.0185. The Bertz CT molecular complexity index is 1340. The van der Waals surface area contributed by atoms with Crippen molar-refractivity contribution in [3.05, 3.63) is 46.8 Å². The van der Waals surface area contributed by atoms with Crippen LogP contribution in [0.15, 0.2) is 24.3 Å². The molecular weight excluding hydrogens is 560 g/mol. The highest BCUT2D eigenvalue weighted by molar-refractivity contribution is 6.00. The van der Waals surface area contributed by atoms with E-state index >= 15 is 0 Å². The van der Waals surface area contributed by atoms with Gasteiger partial charge in [0.2, 0.25) is 11.8 Å². The van der Waals surface area contributed by atoms with E-state index in [9.17, 15) is 19.5 Å². The normalized spacial score (nSPS) is 21.7. The average Bonchev–Trinajstić information content (AvgIpc) is 3.31. The number of ether oxygens (including phenoxy) is 1. The van der Waals surface area contributed by atoms with Gasteiger partial charge in [-0.2, -0.15) is 5.10 Å². The molecule has 0 radical (unpaired) electrons. The van der Waals surface area contributed by atoms with Crippen LogP contribution in [0.5, 0.6) is 0 Å². The molecule has 3 saturated heterocycles. The van der Waals surface area contributed by atoms with Gasteiger partial charge in [-0.25, -0.2) is 4.68 Å². The molecule has 11 nitrogen and oxygen atoms in total. The predicted octanol–water partition coefficient (Wildman–Crippen LogP) is 2.44. The van der Waals surface area contributed by atoms with Crippen LogP contribution >= 0.6 is 0 Å². The minimum Gasteiger partial charge on any atom is -0.390 e. The van der Waals surface area contributed by atoms with Gasteiger partial charge in [-0.15, -0.1) is 0 Å². The van der Waals surface area contributed by atoms with E-state index in [0.29, 0.717) is 70.9 Å². The number of nitrogens with one attached hydrogen (secondary N) is 1. The van der Waals surface area contributed by atoms with Gasteiger partial charge in [0.25, 0.3) is 5.91 Å². The first-order valence-electron chi connectivity index (χ1n) is 16.1. The molecule has 1 spiro atoms. The molecule has 240 valence electrons. The van der Waals surface area contributed by atoms with E-state index in [1.807, 2.05) is 54.6 Å². The first kappa shape index (κ1) is 32.1. The van der Waals surface area contributed by atoms with Gasteiger partial charge >= 0.3 is 0 Å². The summed E-state index contributed by atoms with van der Waals surface area (Å²) in [6.07, 6.45) is 1.90. The summed E-state index contributed by atoms with van der Waals surface area (Å²) < 4.78 is 7.30. The average molecular weight is 609 g/mol. The number of hydrogen-bond donors (Lipinski definition) is 2. The summed E-state index contributed by atoms with van der Waals surface area (Å²) in [6.45, 7) is 14.8. The van der Waals surface area contributed by atoms with Gasteiger partial charge in [0.15, 0.2) is 0 Å². The Hall–Kier alpha value is -3.28. The number of likely N-dealkylation sites (tertiary alicyclic amines) is 1. The summed E-state index contributed by atoms with van der Waals surface area (Å²) >= 11 is 0. The Labute approximate surface area is 260 Å². The van der Waals surface area contributed by atoms with Crippen molar-refractivity contribution < 1.29 is 24.2 Å². The second kappa shape index (κ2) is 13.4. The van der Waals surface area contributed by atoms with Crippen molar-refractivity contribution in [1.29, 1.82) is 0 Å². The molecule has 3 aliphatic heterocycles. The van der Waals surface area contributed by atoms with Crippen molar-refractivity contribution >= 4 is 17.7 Å². The third-order valence-electron chi connectivity index (χ3n) is 9.68. The van der Waals surface area contributed by atoms with Crippen LogP contribution in [0.3, 0.4) is 0 Å². The fourth-order valence-corrected chi connectivity index (χ4v) is 6.75. The molecule has 0 bridgehead atoms. The number of nitrogens with zero attached hydrogens (tertiary/aromatic N) is 5. The lowest BCUT2D eigenvalue weighted by Gasteiger charge is -2.52. The molecule has 2 N–H and O–H groups in total. The number of piperidine rings is 1. The number of aliphatic hydroxyl groups is 1. The maximum Gasteiger partial charge on any atom is 0.254 e. The van der Waals surface area contributed by atoms with Crippen LogP contribution in [0.4, 0.5) is 0 Å². The smallest absolute Gasteiger partial charge is 0.254 e. The lowest BCUT2D eigenvalue weighted by Crippen LogP contribution is -2.74. The number of unbranched alkanes of at least 4 members (excludes halogenated alkanes) is 1. The molecule has 2 atom stereocenters. The van der Waals surface area contributed by atoms with Gasteiger partial charge in [0.1, 0.15) is 11.6 Å².